The minimum Gasteiger partial charge on any atom is -0.380 e. The summed E-state index contributed by atoms with van der Waals surface area (Å²) in [6, 6.07) is 6.22. The number of nitrogens with two attached hydrogens (primary N) is 1. The van der Waals surface area contributed by atoms with Gasteiger partial charge in [-0.25, -0.2) is 0 Å². The fourth-order valence-electron chi connectivity index (χ4n) is 2.76. The van der Waals surface area contributed by atoms with Crippen molar-refractivity contribution in [3.05, 3.63) is 28.8 Å². The highest BCUT2D eigenvalue weighted by atomic mass is 35.5. The van der Waals surface area contributed by atoms with Crippen molar-refractivity contribution in [2.24, 2.45) is 5.73 Å². The molecule has 4 heteroatoms. The molecule has 1 saturated heterocycles. The Morgan fingerprint density at radius 1 is 1.53 bits per heavy atom. The fourth-order valence-corrected chi connectivity index (χ4v) is 3.07. The zero-order valence-corrected chi connectivity index (χ0v) is 12.5. The lowest BCUT2D eigenvalue weighted by atomic mass is 10.0. The lowest BCUT2D eigenvalue weighted by Gasteiger charge is -2.35. The molecule has 0 radical (unpaired) electrons. The predicted octanol–water partition coefficient (Wildman–Crippen LogP) is 2.84. The van der Waals surface area contributed by atoms with Gasteiger partial charge in [-0.1, -0.05) is 23.7 Å². The van der Waals surface area contributed by atoms with Crippen molar-refractivity contribution in [1.29, 1.82) is 0 Å². The first-order valence-corrected chi connectivity index (χ1v) is 7.30. The van der Waals surface area contributed by atoms with Gasteiger partial charge in [-0.2, -0.15) is 0 Å². The maximum atomic E-state index is 6.41. The Bertz CT molecular complexity index is 423. The molecule has 1 heterocycles. The van der Waals surface area contributed by atoms with Gasteiger partial charge in [0.25, 0.3) is 0 Å². The molecule has 2 rings (SSSR count). The van der Waals surface area contributed by atoms with Crippen LogP contribution in [-0.2, 0) is 11.2 Å². The summed E-state index contributed by atoms with van der Waals surface area (Å²) in [4.78, 5) is 2.34. The van der Waals surface area contributed by atoms with E-state index in [9.17, 15) is 0 Å². The lowest BCUT2D eigenvalue weighted by Crippen LogP contribution is -2.40. The summed E-state index contributed by atoms with van der Waals surface area (Å²) >= 11 is 6.41. The standard InChI is InChI=1S/C15H23ClN2O/c1-11(17)9-12-5-3-7-14(16)15(12)18-8-4-6-13(10-18)19-2/h3,5,7,11,13H,4,6,8-10,17H2,1-2H3. The second-order valence-corrected chi connectivity index (χ2v) is 5.78. The molecule has 0 aliphatic carbocycles. The summed E-state index contributed by atoms with van der Waals surface area (Å²) in [5.74, 6) is 0. The molecule has 0 aromatic heterocycles. The van der Waals surface area contributed by atoms with E-state index in [1.807, 2.05) is 19.1 Å². The third-order valence-corrected chi connectivity index (χ3v) is 3.94. The maximum Gasteiger partial charge on any atom is 0.0746 e. The van der Waals surface area contributed by atoms with Crippen molar-refractivity contribution in [3.63, 3.8) is 0 Å². The van der Waals surface area contributed by atoms with Crippen molar-refractivity contribution in [3.8, 4) is 0 Å². The average molecular weight is 283 g/mol. The van der Waals surface area contributed by atoms with Crippen LogP contribution >= 0.6 is 11.6 Å². The van der Waals surface area contributed by atoms with Crippen molar-refractivity contribution in [2.75, 3.05) is 25.1 Å². The Labute approximate surface area is 120 Å². The van der Waals surface area contributed by atoms with E-state index < -0.39 is 0 Å². The van der Waals surface area contributed by atoms with Crippen molar-refractivity contribution < 1.29 is 4.74 Å². The number of nitrogens with zero attached hydrogens (tertiary/aromatic N) is 1. The highest BCUT2D eigenvalue weighted by molar-refractivity contribution is 6.33. The predicted molar refractivity (Wildman–Crippen MR) is 81.0 cm³/mol. The van der Waals surface area contributed by atoms with Crippen LogP contribution in [0, 0.1) is 0 Å². The van der Waals surface area contributed by atoms with E-state index in [0.29, 0.717) is 6.10 Å². The largest absolute Gasteiger partial charge is 0.380 e. The summed E-state index contributed by atoms with van der Waals surface area (Å²) < 4.78 is 5.49. The van der Waals surface area contributed by atoms with Crippen molar-refractivity contribution >= 4 is 17.3 Å². The van der Waals surface area contributed by atoms with E-state index >= 15 is 0 Å². The van der Waals surface area contributed by atoms with Crippen LogP contribution in [0.2, 0.25) is 5.02 Å². The van der Waals surface area contributed by atoms with Crippen LogP contribution in [0.3, 0.4) is 0 Å². The summed E-state index contributed by atoms with van der Waals surface area (Å²) in [7, 11) is 1.78. The highest BCUT2D eigenvalue weighted by Gasteiger charge is 2.23. The number of halogens is 1. The minimum absolute atomic E-state index is 0.139. The number of benzene rings is 1. The number of methoxy groups -OCH3 is 1. The van der Waals surface area contributed by atoms with E-state index in [1.165, 1.54) is 5.56 Å². The Morgan fingerprint density at radius 2 is 2.32 bits per heavy atom. The van der Waals surface area contributed by atoms with Crippen LogP contribution in [0.25, 0.3) is 0 Å². The highest BCUT2D eigenvalue weighted by Crippen LogP contribution is 2.33. The monoisotopic (exact) mass is 282 g/mol. The number of anilines is 1. The molecule has 1 aliphatic heterocycles. The van der Waals surface area contributed by atoms with Crippen LogP contribution in [-0.4, -0.2) is 32.3 Å². The van der Waals surface area contributed by atoms with Crippen molar-refractivity contribution in [2.45, 2.75) is 38.3 Å². The quantitative estimate of drug-likeness (QED) is 0.923. The molecule has 1 aliphatic rings. The zero-order chi connectivity index (χ0) is 13.8. The number of hydrogen-bond donors (Lipinski definition) is 1. The molecule has 2 unspecified atom stereocenters. The van der Waals surface area contributed by atoms with Crippen LogP contribution < -0.4 is 10.6 Å². The first-order valence-electron chi connectivity index (χ1n) is 6.92. The van der Waals surface area contributed by atoms with E-state index in [-0.39, 0.29) is 6.04 Å². The third-order valence-electron chi connectivity index (χ3n) is 3.64. The molecular formula is C15H23ClN2O. The smallest absolute Gasteiger partial charge is 0.0746 e. The van der Waals surface area contributed by atoms with Gasteiger partial charge in [-0.15, -0.1) is 0 Å². The Hall–Kier alpha value is -0.770. The molecule has 2 atom stereocenters. The van der Waals surface area contributed by atoms with Crippen LogP contribution in [0.15, 0.2) is 18.2 Å². The Balaban J connectivity index is 2.26. The molecule has 1 fully saturated rings. The Morgan fingerprint density at radius 3 is 3.00 bits per heavy atom. The molecule has 0 bridgehead atoms. The molecule has 1 aromatic rings. The van der Waals surface area contributed by atoms with Crippen LogP contribution in [0.1, 0.15) is 25.3 Å². The summed E-state index contributed by atoms with van der Waals surface area (Å²) in [6.45, 7) is 3.97. The molecule has 19 heavy (non-hydrogen) atoms. The average Bonchev–Trinajstić information content (AvgIpc) is 2.38. The fraction of sp³-hybridized carbons (Fsp3) is 0.600. The van der Waals surface area contributed by atoms with Gasteiger partial charge in [0.1, 0.15) is 0 Å². The van der Waals surface area contributed by atoms with Gasteiger partial charge < -0.3 is 15.4 Å². The molecule has 2 N–H and O–H groups in total. The number of ether oxygens (including phenoxy) is 1. The van der Waals surface area contributed by atoms with E-state index in [0.717, 1.165) is 43.1 Å². The lowest BCUT2D eigenvalue weighted by molar-refractivity contribution is 0.0893. The van der Waals surface area contributed by atoms with Gasteiger partial charge in [-0.3, -0.25) is 0 Å². The second kappa shape index (κ2) is 6.60. The van der Waals surface area contributed by atoms with Crippen LogP contribution in [0.4, 0.5) is 5.69 Å². The maximum absolute atomic E-state index is 6.41. The van der Waals surface area contributed by atoms with Crippen molar-refractivity contribution in [1.82, 2.24) is 0 Å². The topological polar surface area (TPSA) is 38.5 Å². The van der Waals surface area contributed by atoms with Gasteiger partial charge in [0.05, 0.1) is 16.8 Å². The SMILES string of the molecule is COC1CCCN(c2c(Cl)cccc2CC(C)N)C1. The summed E-state index contributed by atoms with van der Waals surface area (Å²) in [5.41, 5.74) is 8.32. The normalized spacial score (nSPS) is 21.5. The van der Waals surface area contributed by atoms with Gasteiger partial charge >= 0.3 is 0 Å². The molecule has 0 amide bonds. The first-order chi connectivity index (χ1) is 9.11. The Kier molecular flexibility index (Phi) is 5.08. The molecule has 106 valence electrons. The summed E-state index contributed by atoms with van der Waals surface area (Å²) in [6.07, 6.45) is 3.42. The van der Waals surface area contributed by atoms with Gasteiger partial charge in [-0.05, 0) is 37.8 Å². The number of rotatable bonds is 4. The minimum atomic E-state index is 0.139. The molecule has 3 nitrogen and oxygen atoms in total. The molecule has 1 aromatic carbocycles. The number of piperidine rings is 1. The number of para-hydroxylation sites is 1. The first kappa shape index (κ1) is 14.6. The molecule has 0 saturated carbocycles. The zero-order valence-electron chi connectivity index (χ0n) is 11.7. The third kappa shape index (κ3) is 3.62. The van der Waals surface area contributed by atoms with Gasteiger partial charge in [0, 0.05) is 26.2 Å². The van der Waals surface area contributed by atoms with Gasteiger partial charge in [0.2, 0.25) is 0 Å². The number of hydrogen-bond acceptors (Lipinski definition) is 3. The van der Waals surface area contributed by atoms with Crippen LogP contribution in [0.5, 0.6) is 0 Å². The molecule has 0 spiro atoms. The van der Waals surface area contributed by atoms with E-state index in [4.69, 9.17) is 22.1 Å². The van der Waals surface area contributed by atoms with Gasteiger partial charge in [0.15, 0.2) is 0 Å². The summed E-state index contributed by atoms with van der Waals surface area (Å²) in [5, 5.41) is 0.815. The van der Waals surface area contributed by atoms with E-state index in [1.54, 1.807) is 7.11 Å². The van der Waals surface area contributed by atoms with E-state index in [2.05, 4.69) is 11.0 Å². The second-order valence-electron chi connectivity index (χ2n) is 5.37. The molecular weight excluding hydrogens is 260 g/mol.